The van der Waals surface area contributed by atoms with Gasteiger partial charge in [-0.1, -0.05) is 0 Å². The van der Waals surface area contributed by atoms with Gasteiger partial charge in [-0.15, -0.1) is 0 Å². The summed E-state index contributed by atoms with van der Waals surface area (Å²) in [6, 6.07) is 4.74. The highest BCUT2D eigenvalue weighted by Crippen LogP contribution is 2.35. The summed E-state index contributed by atoms with van der Waals surface area (Å²) >= 11 is 1.82. The Morgan fingerprint density at radius 2 is 2.12 bits per heavy atom. The molecule has 3 heterocycles. The molecular weight excluding hydrogens is 228 g/mol. The summed E-state index contributed by atoms with van der Waals surface area (Å²) in [5, 5.41) is 7.96. The maximum absolute atomic E-state index is 3.47. The molecule has 0 spiro atoms. The number of rotatable bonds is 4. The number of fused-ring (bicyclic) bond motifs is 2. The molecule has 0 aromatic carbocycles. The Bertz CT molecular complexity index is 335. The lowest BCUT2D eigenvalue weighted by molar-refractivity contribution is 0.121. The van der Waals surface area contributed by atoms with Gasteiger partial charge in [0.1, 0.15) is 0 Å². The Morgan fingerprint density at radius 3 is 2.71 bits per heavy atom. The molecule has 2 bridgehead atoms. The van der Waals surface area contributed by atoms with Crippen molar-refractivity contribution >= 4 is 11.3 Å². The molecule has 1 aromatic heterocycles. The van der Waals surface area contributed by atoms with Crippen molar-refractivity contribution in [1.29, 1.82) is 0 Å². The van der Waals surface area contributed by atoms with Crippen molar-refractivity contribution in [2.45, 2.75) is 50.2 Å². The van der Waals surface area contributed by atoms with Gasteiger partial charge in [0.2, 0.25) is 0 Å². The summed E-state index contributed by atoms with van der Waals surface area (Å²) in [7, 11) is 2.12. The van der Waals surface area contributed by atoms with E-state index in [-0.39, 0.29) is 0 Å². The first kappa shape index (κ1) is 11.7. The van der Waals surface area contributed by atoms with Gasteiger partial charge >= 0.3 is 0 Å². The van der Waals surface area contributed by atoms with E-state index in [2.05, 4.69) is 34.1 Å². The van der Waals surface area contributed by atoms with Crippen molar-refractivity contribution in [3.63, 3.8) is 0 Å². The molecule has 2 atom stereocenters. The third-order valence-electron chi connectivity index (χ3n) is 4.53. The van der Waals surface area contributed by atoms with Gasteiger partial charge in [-0.05, 0) is 61.5 Å². The quantitative estimate of drug-likeness (QED) is 0.883. The Hall–Kier alpha value is -0.380. The standard InChI is InChI=1S/C14H22N2S/c1-15-12-8-13-2-3-14(9-12)16(13)6-4-11-5-7-17-10-11/h5,7,10,12-15H,2-4,6,8-9H2,1H3. The number of nitrogens with one attached hydrogen (secondary N) is 1. The van der Waals surface area contributed by atoms with Gasteiger partial charge in [-0.3, -0.25) is 4.90 Å². The lowest BCUT2D eigenvalue weighted by atomic mass is 9.97. The summed E-state index contributed by atoms with van der Waals surface area (Å²) in [4.78, 5) is 2.78. The second-order valence-corrected chi connectivity index (χ2v) is 6.24. The zero-order valence-electron chi connectivity index (χ0n) is 10.6. The predicted octanol–water partition coefficient (Wildman–Crippen LogP) is 2.51. The monoisotopic (exact) mass is 250 g/mol. The SMILES string of the molecule is CNC1CC2CCC(C1)N2CCc1ccsc1. The van der Waals surface area contributed by atoms with E-state index >= 15 is 0 Å². The van der Waals surface area contributed by atoms with E-state index < -0.39 is 0 Å². The van der Waals surface area contributed by atoms with E-state index in [4.69, 9.17) is 0 Å². The molecule has 2 saturated heterocycles. The molecule has 1 aromatic rings. The van der Waals surface area contributed by atoms with Crippen LogP contribution in [-0.4, -0.2) is 36.6 Å². The second kappa shape index (κ2) is 5.09. The fraction of sp³-hybridized carbons (Fsp3) is 0.714. The van der Waals surface area contributed by atoms with E-state index in [0.717, 1.165) is 18.1 Å². The van der Waals surface area contributed by atoms with E-state index in [1.54, 1.807) is 0 Å². The number of hydrogen-bond acceptors (Lipinski definition) is 3. The number of nitrogens with zero attached hydrogens (tertiary/aromatic N) is 1. The lowest BCUT2D eigenvalue weighted by Crippen LogP contribution is -2.48. The van der Waals surface area contributed by atoms with Crippen molar-refractivity contribution in [3.05, 3.63) is 22.4 Å². The summed E-state index contributed by atoms with van der Waals surface area (Å²) in [5.74, 6) is 0. The third kappa shape index (κ3) is 2.42. The van der Waals surface area contributed by atoms with Gasteiger partial charge in [0.25, 0.3) is 0 Å². The second-order valence-electron chi connectivity index (χ2n) is 5.46. The maximum atomic E-state index is 3.47. The van der Waals surface area contributed by atoms with Crippen molar-refractivity contribution in [2.75, 3.05) is 13.6 Å². The van der Waals surface area contributed by atoms with Crippen molar-refractivity contribution in [1.82, 2.24) is 10.2 Å². The van der Waals surface area contributed by atoms with Gasteiger partial charge in [-0.2, -0.15) is 11.3 Å². The molecule has 2 nitrogen and oxygen atoms in total. The molecule has 3 heteroatoms. The molecule has 0 radical (unpaired) electrons. The predicted molar refractivity (Wildman–Crippen MR) is 73.6 cm³/mol. The van der Waals surface area contributed by atoms with Crippen LogP contribution in [0.25, 0.3) is 0 Å². The topological polar surface area (TPSA) is 15.3 Å². The van der Waals surface area contributed by atoms with E-state index in [0.29, 0.717) is 0 Å². The summed E-state index contributed by atoms with van der Waals surface area (Å²) < 4.78 is 0. The van der Waals surface area contributed by atoms with Gasteiger partial charge in [0, 0.05) is 24.7 Å². The minimum absolute atomic E-state index is 0.768. The van der Waals surface area contributed by atoms with Crippen molar-refractivity contribution in [3.8, 4) is 0 Å². The van der Waals surface area contributed by atoms with Crippen LogP contribution in [0.3, 0.4) is 0 Å². The molecule has 3 rings (SSSR count). The smallest absolute Gasteiger partial charge is 0.0114 e. The van der Waals surface area contributed by atoms with Gasteiger partial charge in [0.15, 0.2) is 0 Å². The number of thiophene rings is 1. The number of piperidine rings is 1. The highest BCUT2D eigenvalue weighted by Gasteiger charge is 2.39. The van der Waals surface area contributed by atoms with Crippen LogP contribution in [0.4, 0.5) is 0 Å². The summed E-state index contributed by atoms with van der Waals surface area (Å²) in [6.07, 6.45) is 6.80. The molecule has 17 heavy (non-hydrogen) atoms. The minimum atomic E-state index is 0.768. The Labute approximate surface area is 108 Å². The van der Waals surface area contributed by atoms with Crippen LogP contribution < -0.4 is 5.32 Å². The zero-order chi connectivity index (χ0) is 11.7. The van der Waals surface area contributed by atoms with Crippen LogP contribution >= 0.6 is 11.3 Å². The number of hydrogen-bond donors (Lipinski definition) is 1. The molecule has 2 fully saturated rings. The molecule has 0 aliphatic carbocycles. The van der Waals surface area contributed by atoms with E-state index in [1.807, 2.05) is 11.3 Å². The third-order valence-corrected chi connectivity index (χ3v) is 5.26. The van der Waals surface area contributed by atoms with Gasteiger partial charge < -0.3 is 5.32 Å². The molecule has 2 aliphatic rings. The first-order chi connectivity index (χ1) is 8.36. The van der Waals surface area contributed by atoms with Crippen LogP contribution in [0.1, 0.15) is 31.2 Å². The van der Waals surface area contributed by atoms with Crippen LogP contribution in [0.15, 0.2) is 16.8 Å². The Balaban J connectivity index is 1.58. The molecule has 94 valence electrons. The van der Waals surface area contributed by atoms with Crippen molar-refractivity contribution < 1.29 is 0 Å². The van der Waals surface area contributed by atoms with Crippen LogP contribution in [0.5, 0.6) is 0 Å². The Morgan fingerprint density at radius 1 is 1.35 bits per heavy atom. The fourth-order valence-corrected chi connectivity index (χ4v) is 4.27. The van der Waals surface area contributed by atoms with Gasteiger partial charge in [-0.25, -0.2) is 0 Å². The Kier molecular flexibility index (Phi) is 3.50. The first-order valence-electron chi connectivity index (χ1n) is 6.81. The summed E-state index contributed by atoms with van der Waals surface area (Å²) in [5.41, 5.74) is 1.52. The summed E-state index contributed by atoms with van der Waals surface area (Å²) in [6.45, 7) is 1.27. The molecule has 1 N–H and O–H groups in total. The first-order valence-corrected chi connectivity index (χ1v) is 7.75. The zero-order valence-corrected chi connectivity index (χ0v) is 11.4. The highest BCUT2D eigenvalue weighted by atomic mass is 32.1. The average molecular weight is 250 g/mol. The maximum Gasteiger partial charge on any atom is 0.0114 e. The molecule has 2 unspecified atom stereocenters. The molecule has 0 saturated carbocycles. The lowest BCUT2D eigenvalue weighted by Gasteiger charge is -2.38. The van der Waals surface area contributed by atoms with E-state index in [1.165, 1.54) is 44.2 Å². The van der Waals surface area contributed by atoms with E-state index in [9.17, 15) is 0 Å². The minimum Gasteiger partial charge on any atom is -0.317 e. The van der Waals surface area contributed by atoms with Crippen LogP contribution in [-0.2, 0) is 6.42 Å². The van der Waals surface area contributed by atoms with Gasteiger partial charge in [0.05, 0.1) is 0 Å². The normalized spacial score (nSPS) is 33.1. The largest absolute Gasteiger partial charge is 0.317 e. The fourth-order valence-electron chi connectivity index (χ4n) is 3.57. The highest BCUT2D eigenvalue weighted by molar-refractivity contribution is 7.07. The van der Waals surface area contributed by atoms with Crippen LogP contribution in [0, 0.1) is 0 Å². The molecule has 2 aliphatic heterocycles. The molecular formula is C14H22N2S. The van der Waals surface area contributed by atoms with Crippen LogP contribution in [0.2, 0.25) is 0 Å². The molecule has 0 amide bonds. The van der Waals surface area contributed by atoms with Crippen molar-refractivity contribution in [2.24, 2.45) is 0 Å². The average Bonchev–Trinajstić information content (AvgIpc) is 2.93.